The number of carbonyl (C=O) groups is 2. The van der Waals surface area contributed by atoms with Gasteiger partial charge in [-0.2, -0.15) is 0 Å². The second-order valence-electron chi connectivity index (χ2n) is 8.61. The fraction of sp³-hybridized carbons (Fsp3) is 0.385. The number of nitrogens with zero attached hydrogens (tertiary/aromatic N) is 1. The normalized spacial score (nSPS) is 20.9. The summed E-state index contributed by atoms with van der Waals surface area (Å²) < 4.78 is 11.0. The van der Waals surface area contributed by atoms with Crippen LogP contribution in [-0.2, 0) is 9.59 Å². The maximum absolute atomic E-state index is 13.2. The van der Waals surface area contributed by atoms with E-state index in [1.54, 1.807) is 48.4 Å². The Morgan fingerprint density at radius 1 is 1.03 bits per heavy atom. The highest BCUT2D eigenvalue weighted by Crippen LogP contribution is 2.43. The third-order valence-corrected chi connectivity index (χ3v) is 6.11. The van der Waals surface area contributed by atoms with Crippen LogP contribution in [0.1, 0.15) is 56.7 Å². The third-order valence-electron chi connectivity index (χ3n) is 6.11. The van der Waals surface area contributed by atoms with Crippen LogP contribution < -0.4 is 9.47 Å². The summed E-state index contributed by atoms with van der Waals surface area (Å²) in [7, 11) is 1.59. The molecule has 32 heavy (non-hydrogen) atoms. The van der Waals surface area contributed by atoms with Crippen molar-refractivity contribution >= 4 is 17.4 Å². The largest absolute Gasteiger partial charge is 0.507 e. The number of likely N-dealkylation sites (tertiary alicyclic amines) is 1. The Morgan fingerprint density at radius 3 is 2.34 bits per heavy atom. The molecule has 2 fully saturated rings. The van der Waals surface area contributed by atoms with Crippen molar-refractivity contribution in [2.45, 2.75) is 57.7 Å². The zero-order valence-corrected chi connectivity index (χ0v) is 18.7. The summed E-state index contributed by atoms with van der Waals surface area (Å²) in [6.07, 6.45) is 3.74. The molecule has 1 aliphatic heterocycles. The number of rotatable bonds is 6. The number of benzene rings is 2. The first-order valence-electron chi connectivity index (χ1n) is 11.1. The number of ether oxygens (including phenoxy) is 2. The van der Waals surface area contributed by atoms with E-state index in [2.05, 4.69) is 0 Å². The molecule has 1 unspecified atom stereocenters. The lowest BCUT2D eigenvalue weighted by Crippen LogP contribution is -2.37. The first-order chi connectivity index (χ1) is 15.4. The number of methoxy groups -OCH3 is 1. The Balaban J connectivity index is 1.83. The number of hydrogen-bond acceptors (Lipinski definition) is 5. The molecule has 4 rings (SSSR count). The molecule has 1 N–H and O–H groups in total. The summed E-state index contributed by atoms with van der Waals surface area (Å²) in [5.74, 6) is -0.0988. The number of Topliss-reactive ketones (excluding diaryl/α,β-unsaturated/α-hetero) is 1. The van der Waals surface area contributed by atoms with E-state index >= 15 is 0 Å². The molecule has 6 nitrogen and oxygen atoms in total. The van der Waals surface area contributed by atoms with Crippen LogP contribution in [0.3, 0.4) is 0 Å². The van der Waals surface area contributed by atoms with Crippen LogP contribution in [0.25, 0.3) is 5.76 Å². The van der Waals surface area contributed by atoms with Crippen molar-refractivity contribution in [3.8, 4) is 11.5 Å². The van der Waals surface area contributed by atoms with E-state index in [0.29, 0.717) is 17.1 Å². The van der Waals surface area contributed by atoms with E-state index in [1.165, 1.54) is 0 Å². The average Bonchev–Trinajstić information content (AvgIpc) is 3.40. The van der Waals surface area contributed by atoms with Gasteiger partial charge in [-0.05, 0) is 56.5 Å². The molecule has 1 atom stereocenters. The summed E-state index contributed by atoms with van der Waals surface area (Å²) in [5.41, 5.74) is 1.34. The first-order valence-corrected chi connectivity index (χ1v) is 11.1. The number of amides is 1. The van der Waals surface area contributed by atoms with Crippen molar-refractivity contribution in [2.75, 3.05) is 7.11 Å². The predicted molar refractivity (Wildman–Crippen MR) is 122 cm³/mol. The van der Waals surface area contributed by atoms with Gasteiger partial charge in [0.15, 0.2) is 0 Å². The fourth-order valence-electron chi connectivity index (χ4n) is 4.67. The van der Waals surface area contributed by atoms with Gasteiger partial charge in [0.05, 0.1) is 24.8 Å². The molecule has 1 aliphatic carbocycles. The van der Waals surface area contributed by atoms with Crippen LogP contribution in [0.4, 0.5) is 0 Å². The van der Waals surface area contributed by atoms with Crippen molar-refractivity contribution in [2.24, 2.45) is 0 Å². The molecular weight excluding hydrogens is 406 g/mol. The van der Waals surface area contributed by atoms with Gasteiger partial charge in [-0.15, -0.1) is 0 Å². The molecule has 2 aliphatic rings. The molecule has 0 bridgehead atoms. The highest BCUT2D eigenvalue weighted by Gasteiger charge is 2.49. The summed E-state index contributed by atoms with van der Waals surface area (Å²) >= 11 is 0. The van der Waals surface area contributed by atoms with E-state index in [4.69, 9.17) is 9.47 Å². The van der Waals surface area contributed by atoms with Crippen LogP contribution in [0, 0.1) is 0 Å². The lowest BCUT2D eigenvalue weighted by Gasteiger charge is -2.30. The SMILES string of the molecule is COc1ccc(C2/C(=C(/O)c3cccc(OC(C)C)c3)C(=O)C(=O)N2C2CCCC2)cc1. The smallest absolute Gasteiger partial charge is 0.295 e. The van der Waals surface area contributed by atoms with Crippen molar-refractivity contribution in [1.29, 1.82) is 0 Å². The second-order valence-corrected chi connectivity index (χ2v) is 8.61. The Hall–Kier alpha value is -3.28. The second kappa shape index (κ2) is 9.07. The Bertz CT molecular complexity index is 1030. The van der Waals surface area contributed by atoms with E-state index in [1.807, 2.05) is 26.0 Å². The monoisotopic (exact) mass is 435 g/mol. The Morgan fingerprint density at radius 2 is 1.72 bits per heavy atom. The highest BCUT2D eigenvalue weighted by molar-refractivity contribution is 6.46. The van der Waals surface area contributed by atoms with Crippen LogP contribution in [0.5, 0.6) is 11.5 Å². The molecule has 0 aromatic heterocycles. The number of hydrogen-bond donors (Lipinski definition) is 1. The van der Waals surface area contributed by atoms with Crippen LogP contribution >= 0.6 is 0 Å². The lowest BCUT2D eigenvalue weighted by atomic mass is 9.94. The van der Waals surface area contributed by atoms with Crippen LogP contribution in [0.15, 0.2) is 54.1 Å². The number of ketones is 1. The number of carbonyl (C=O) groups excluding carboxylic acids is 2. The van der Waals surface area contributed by atoms with Gasteiger partial charge < -0.3 is 19.5 Å². The van der Waals surface area contributed by atoms with Gasteiger partial charge in [-0.1, -0.05) is 37.1 Å². The maximum atomic E-state index is 13.2. The molecule has 0 radical (unpaired) electrons. The molecule has 168 valence electrons. The number of aliphatic hydroxyl groups excluding tert-OH is 1. The summed E-state index contributed by atoms with van der Waals surface area (Å²) in [6, 6.07) is 13.6. The van der Waals surface area contributed by atoms with Crippen molar-refractivity contribution in [3.63, 3.8) is 0 Å². The quantitative estimate of drug-likeness (QED) is 0.399. The standard InChI is InChI=1S/C26H29NO5/c1-16(2)32-21-10-6-7-18(15-21)24(28)22-23(17-11-13-20(31-3)14-12-17)27(26(30)25(22)29)19-8-4-5-9-19/h6-7,10-16,19,23,28H,4-5,8-9H2,1-3H3/b24-22-. The van der Waals surface area contributed by atoms with Crippen LogP contribution in [0.2, 0.25) is 0 Å². The minimum absolute atomic E-state index is 0.0144. The molecule has 2 aromatic carbocycles. The molecule has 2 aromatic rings. The first kappa shape index (κ1) is 21.9. The molecule has 1 amide bonds. The van der Waals surface area contributed by atoms with Gasteiger partial charge >= 0.3 is 0 Å². The average molecular weight is 436 g/mol. The molecular formula is C26H29NO5. The predicted octanol–water partition coefficient (Wildman–Crippen LogP) is 4.85. The molecule has 1 heterocycles. The topological polar surface area (TPSA) is 76.1 Å². The van der Waals surface area contributed by atoms with Crippen molar-refractivity contribution in [3.05, 3.63) is 65.2 Å². The van der Waals surface area contributed by atoms with E-state index in [9.17, 15) is 14.7 Å². The lowest BCUT2D eigenvalue weighted by molar-refractivity contribution is -0.141. The maximum Gasteiger partial charge on any atom is 0.295 e. The summed E-state index contributed by atoms with van der Waals surface area (Å²) in [4.78, 5) is 28.0. The van der Waals surface area contributed by atoms with Crippen molar-refractivity contribution < 1.29 is 24.2 Å². The Kier molecular flexibility index (Phi) is 6.21. The minimum atomic E-state index is -0.648. The summed E-state index contributed by atoms with van der Waals surface area (Å²) in [6.45, 7) is 3.84. The Labute approximate surface area is 188 Å². The van der Waals surface area contributed by atoms with Gasteiger partial charge in [0.1, 0.15) is 17.3 Å². The van der Waals surface area contributed by atoms with E-state index in [-0.39, 0.29) is 23.5 Å². The highest BCUT2D eigenvalue weighted by atomic mass is 16.5. The van der Waals surface area contributed by atoms with Gasteiger partial charge in [0.2, 0.25) is 0 Å². The fourth-order valence-corrected chi connectivity index (χ4v) is 4.67. The summed E-state index contributed by atoms with van der Waals surface area (Å²) in [5, 5.41) is 11.3. The van der Waals surface area contributed by atoms with Crippen LogP contribution in [-0.4, -0.2) is 41.0 Å². The van der Waals surface area contributed by atoms with E-state index in [0.717, 1.165) is 31.2 Å². The zero-order valence-electron chi connectivity index (χ0n) is 18.7. The van der Waals surface area contributed by atoms with Gasteiger partial charge in [0, 0.05) is 11.6 Å². The number of aliphatic hydroxyl groups is 1. The zero-order chi connectivity index (χ0) is 22.8. The van der Waals surface area contributed by atoms with E-state index < -0.39 is 17.7 Å². The minimum Gasteiger partial charge on any atom is -0.507 e. The molecule has 0 spiro atoms. The third kappa shape index (κ3) is 4.09. The molecule has 1 saturated heterocycles. The molecule has 6 heteroatoms. The molecule has 1 saturated carbocycles. The van der Waals surface area contributed by atoms with Gasteiger partial charge in [0.25, 0.3) is 11.7 Å². The van der Waals surface area contributed by atoms with Gasteiger partial charge in [-0.25, -0.2) is 0 Å². The van der Waals surface area contributed by atoms with Crippen molar-refractivity contribution in [1.82, 2.24) is 4.90 Å². The van der Waals surface area contributed by atoms with Gasteiger partial charge in [-0.3, -0.25) is 9.59 Å².